The van der Waals surface area contributed by atoms with E-state index in [4.69, 9.17) is 14.8 Å². The van der Waals surface area contributed by atoms with Crippen LogP contribution in [-0.2, 0) is 49.6 Å². The van der Waals surface area contributed by atoms with Crippen molar-refractivity contribution in [1.29, 1.82) is 0 Å². The van der Waals surface area contributed by atoms with Crippen molar-refractivity contribution in [2.75, 3.05) is 18.5 Å². The summed E-state index contributed by atoms with van der Waals surface area (Å²) < 4.78 is 46.6. The third-order valence-electron chi connectivity index (χ3n) is 7.49. The van der Waals surface area contributed by atoms with E-state index in [-0.39, 0.29) is 18.3 Å². The summed E-state index contributed by atoms with van der Waals surface area (Å²) in [7, 11) is 0. The molecule has 1 unspecified atom stereocenters. The van der Waals surface area contributed by atoms with Gasteiger partial charge in [0.15, 0.2) is 0 Å². The summed E-state index contributed by atoms with van der Waals surface area (Å²) in [5, 5.41) is 8.15. The summed E-state index contributed by atoms with van der Waals surface area (Å²) in [4.78, 5) is 36.6. The van der Waals surface area contributed by atoms with E-state index >= 15 is 0 Å². The van der Waals surface area contributed by atoms with Gasteiger partial charge in [-0.25, -0.2) is 29.0 Å². The van der Waals surface area contributed by atoms with Crippen LogP contribution in [0, 0.1) is 0 Å². The smallest absolute Gasteiger partial charge is 0.477 e. The molecule has 9 nitrogen and oxygen atoms in total. The van der Waals surface area contributed by atoms with Gasteiger partial charge >= 0.3 is 18.1 Å². The van der Waals surface area contributed by atoms with Gasteiger partial charge in [0, 0.05) is 35.1 Å². The summed E-state index contributed by atoms with van der Waals surface area (Å²) in [6, 6.07) is 11.7. The van der Waals surface area contributed by atoms with Crippen LogP contribution in [0.5, 0.6) is 5.88 Å². The van der Waals surface area contributed by atoms with Crippen molar-refractivity contribution < 1.29 is 37.3 Å². The normalized spacial score (nSPS) is 14.2. The highest BCUT2D eigenvalue weighted by Gasteiger charge is 2.43. The molecule has 1 aliphatic heterocycles. The fourth-order valence-corrected chi connectivity index (χ4v) is 5.58. The first-order valence-corrected chi connectivity index (χ1v) is 15.9. The van der Waals surface area contributed by atoms with E-state index in [9.17, 15) is 22.8 Å². The Balaban J connectivity index is 1.56. The second-order valence-electron chi connectivity index (χ2n) is 13.4. The zero-order valence-electron chi connectivity index (χ0n) is 26.9. The SMILES string of the molecule is CC(C)(C)c1cc(Br)cc(C(CC(=O)OOC(=O)C(F)(F)F)Cc2cc(OCCc3ccc4c(n3)NCCC4)n(C(C)(C)C)n2)c1. The van der Waals surface area contributed by atoms with Crippen LogP contribution in [0.2, 0.25) is 0 Å². The number of carbonyl (C=O) groups is 2. The van der Waals surface area contributed by atoms with Crippen molar-refractivity contribution in [2.45, 2.75) is 96.7 Å². The molecule has 1 aromatic carbocycles. The van der Waals surface area contributed by atoms with E-state index in [1.54, 1.807) is 10.7 Å². The maximum Gasteiger partial charge on any atom is 0.495 e. The van der Waals surface area contributed by atoms with E-state index < -0.39 is 29.6 Å². The largest absolute Gasteiger partial charge is 0.495 e. The molecule has 3 heterocycles. The van der Waals surface area contributed by atoms with Gasteiger partial charge in [0.05, 0.1) is 24.3 Å². The van der Waals surface area contributed by atoms with Gasteiger partial charge in [-0.3, -0.25) is 0 Å². The highest BCUT2D eigenvalue weighted by Crippen LogP contribution is 2.34. The number of rotatable bonds is 9. The maximum absolute atomic E-state index is 12.7. The van der Waals surface area contributed by atoms with Gasteiger partial charge in [0.2, 0.25) is 5.88 Å². The average Bonchev–Trinajstić information content (AvgIpc) is 3.37. The van der Waals surface area contributed by atoms with Crippen molar-refractivity contribution in [3.8, 4) is 5.88 Å². The van der Waals surface area contributed by atoms with Gasteiger partial charge in [-0.05, 0) is 80.3 Å². The van der Waals surface area contributed by atoms with Gasteiger partial charge in [0.1, 0.15) is 5.82 Å². The molecule has 0 saturated heterocycles. The lowest BCUT2D eigenvalue weighted by molar-refractivity contribution is -0.286. The molecule has 1 N–H and O–H groups in total. The lowest BCUT2D eigenvalue weighted by Gasteiger charge is -2.23. The Morgan fingerprint density at radius 1 is 1.02 bits per heavy atom. The van der Waals surface area contributed by atoms with Crippen molar-refractivity contribution in [3.63, 3.8) is 0 Å². The summed E-state index contributed by atoms with van der Waals surface area (Å²) >= 11 is 3.55. The Hall–Kier alpha value is -3.61. The van der Waals surface area contributed by atoms with Crippen molar-refractivity contribution >= 4 is 33.7 Å². The zero-order chi connectivity index (χ0) is 33.9. The molecular weight excluding hydrogens is 669 g/mol. The molecule has 0 aliphatic carbocycles. The van der Waals surface area contributed by atoms with Gasteiger partial charge in [-0.15, -0.1) is 0 Å². The quantitative estimate of drug-likeness (QED) is 0.182. The number of nitrogens with zero attached hydrogens (tertiary/aromatic N) is 3. The predicted octanol–water partition coefficient (Wildman–Crippen LogP) is 7.35. The molecule has 1 aliphatic rings. The zero-order valence-corrected chi connectivity index (χ0v) is 28.5. The molecule has 250 valence electrons. The van der Waals surface area contributed by atoms with Gasteiger partial charge in [0.25, 0.3) is 0 Å². The van der Waals surface area contributed by atoms with E-state index in [1.807, 2.05) is 65.8 Å². The second kappa shape index (κ2) is 14.0. The number of aromatic nitrogens is 3. The van der Waals surface area contributed by atoms with Crippen LogP contribution in [0.1, 0.15) is 88.4 Å². The number of hydrogen-bond acceptors (Lipinski definition) is 8. The molecule has 0 saturated carbocycles. The number of nitrogens with one attached hydrogen (secondary N) is 1. The molecule has 0 spiro atoms. The topological polar surface area (TPSA) is 105 Å². The Bertz CT molecular complexity index is 1560. The highest BCUT2D eigenvalue weighted by molar-refractivity contribution is 9.10. The molecule has 2 aromatic heterocycles. The van der Waals surface area contributed by atoms with Crippen LogP contribution in [0.4, 0.5) is 19.0 Å². The van der Waals surface area contributed by atoms with Crippen molar-refractivity contribution in [1.82, 2.24) is 14.8 Å². The Kier molecular flexibility index (Phi) is 10.7. The lowest BCUT2D eigenvalue weighted by Crippen LogP contribution is -2.27. The average molecular weight is 710 g/mol. The minimum atomic E-state index is -5.30. The lowest BCUT2D eigenvalue weighted by atomic mass is 9.83. The second-order valence-corrected chi connectivity index (χ2v) is 14.4. The molecule has 0 amide bonds. The predicted molar refractivity (Wildman–Crippen MR) is 170 cm³/mol. The summed E-state index contributed by atoms with van der Waals surface area (Å²) in [5.74, 6) is -2.87. The van der Waals surface area contributed by atoms with Crippen LogP contribution in [0.15, 0.2) is 40.9 Å². The molecule has 0 radical (unpaired) electrons. The van der Waals surface area contributed by atoms with Crippen LogP contribution in [-0.4, -0.2) is 46.0 Å². The summed E-state index contributed by atoms with van der Waals surface area (Å²) in [5.41, 5.74) is 3.75. The summed E-state index contributed by atoms with van der Waals surface area (Å²) in [6.45, 7) is 13.4. The molecule has 46 heavy (non-hydrogen) atoms. The minimum Gasteiger partial charge on any atom is -0.477 e. The number of ether oxygens (including phenoxy) is 1. The number of halogens is 4. The van der Waals surface area contributed by atoms with Gasteiger partial charge in [-0.2, -0.15) is 18.3 Å². The van der Waals surface area contributed by atoms with Crippen LogP contribution >= 0.6 is 15.9 Å². The molecule has 13 heteroatoms. The first-order chi connectivity index (χ1) is 21.4. The fourth-order valence-electron chi connectivity index (χ4n) is 5.07. The van der Waals surface area contributed by atoms with Crippen molar-refractivity contribution in [2.24, 2.45) is 0 Å². The molecule has 1 atom stereocenters. The maximum atomic E-state index is 12.7. The Morgan fingerprint density at radius 3 is 2.43 bits per heavy atom. The van der Waals surface area contributed by atoms with E-state index in [1.165, 1.54) is 5.56 Å². The Morgan fingerprint density at radius 2 is 1.76 bits per heavy atom. The van der Waals surface area contributed by atoms with Crippen molar-refractivity contribution in [3.05, 3.63) is 68.9 Å². The van der Waals surface area contributed by atoms with Crippen LogP contribution in [0.25, 0.3) is 0 Å². The third kappa shape index (κ3) is 9.46. The fraction of sp³-hybridized carbons (Fsp3) is 0.515. The first-order valence-electron chi connectivity index (χ1n) is 15.1. The number of carbonyl (C=O) groups excluding carboxylic acids is 2. The number of pyridine rings is 1. The van der Waals surface area contributed by atoms with Gasteiger partial charge in [-0.1, -0.05) is 48.8 Å². The molecule has 0 bridgehead atoms. The summed E-state index contributed by atoms with van der Waals surface area (Å²) in [6.07, 6.45) is -2.77. The van der Waals surface area contributed by atoms with Gasteiger partial charge < -0.3 is 10.1 Å². The number of anilines is 1. The van der Waals surface area contributed by atoms with Crippen LogP contribution in [0.3, 0.4) is 0 Å². The van der Waals surface area contributed by atoms with Crippen LogP contribution < -0.4 is 10.1 Å². The number of benzene rings is 1. The molecule has 4 rings (SSSR count). The monoisotopic (exact) mass is 708 g/mol. The number of hydrogen-bond donors (Lipinski definition) is 1. The molecule has 0 fully saturated rings. The molecular formula is C33H40BrF3N4O5. The number of aryl methyl sites for hydroxylation is 1. The number of alkyl halides is 3. The first kappa shape index (κ1) is 35.2. The van der Waals surface area contributed by atoms with E-state index in [2.05, 4.69) is 37.1 Å². The Labute approximate surface area is 275 Å². The van der Waals surface area contributed by atoms with E-state index in [0.29, 0.717) is 24.6 Å². The highest BCUT2D eigenvalue weighted by atomic mass is 79.9. The third-order valence-corrected chi connectivity index (χ3v) is 7.95. The number of fused-ring (bicyclic) bond motifs is 1. The minimum absolute atomic E-state index is 0.222. The molecule has 3 aromatic rings. The standard InChI is InChI=1S/C33H40BrF3N4O5/c1-31(2,3)23-14-21(15-24(34)18-23)22(17-28(42)45-46-30(43)33(35,36)37)16-26-19-27(41(40-26)32(4,5)6)44-13-11-25-10-9-20-8-7-12-38-29(20)39-25/h9-10,14-15,18-19,22H,7-8,11-13,16-17H2,1-6H3,(H,38,39). The van der Waals surface area contributed by atoms with E-state index in [0.717, 1.165) is 46.5 Å².